The van der Waals surface area contributed by atoms with Gasteiger partial charge in [-0.05, 0) is 92.4 Å². The molecule has 0 fully saturated rings. The van der Waals surface area contributed by atoms with E-state index in [2.05, 4.69) is 65.0 Å². The number of rotatable bonds is 6. The number of aryl methyl sites for hydroxylation is 1. The number of aliphatic hydroxyl groups excluding tert-OH is 1. The third-order valence-electron chi connectivity index (χ3n) is 6.56. The van der Waals surface area contributed by atoms with Gasteiger partial charge in [0, 0.05) is 12.5 Å². The van der Waals surface area contributed by atoms with Gasteiger partial charge in [-0.2, -0.15) is 0 Å². The first-order chi connectivity index (χ1) is 19.0. The zero-order valence-corrected chi connectivity index (χ0v) is 25.7. The van der Waals surface area contributed by atoms with Crippen LogP contribution in [0.25, 0.3) is 10.8 Å². The molecule has 4 aromatic carbocycles. The van der Waals surface area contributed by atoms with Gasteiger partial charge in [0.15, 0.2) is 0 Å². The van der Waals surface area contributed by atoms with Crippen molar-refractivity contribution >= 4 is 16.7 Å². The second-order valence-corrected chi connectivity index (χ2v) is 11.1. The van der Waals surface area contributed by atoms with Gasteiger partial charge in [0.25, 0.3) is 0 Å². The van der Waals surface area contributed by atoms with Crippen LogP contribution < -0.4 is 9.47 Å². The van der Waals surface area contributed by atoms with Crippen molar-refractivity contribution in [3.63, 3.8) is 0 Å². The standard InChI is InChI=1S/C32H34O3.C3H8.CH4O/c1-7-32(6,27-14-18-29(19-15-27)35-31(3,4)5)26-12-16-28(17-13-26)34-30(33)25-11-10-23-20-22(2)8-9-24(23)21-25;1-3-2;1-2/h8-21H,7H2,1-6H3;3H2,1-2H3;2H,1H3. The van der Waals surface area contributed by atoms with Crippen LogP contribution in [0.4, 0.5) is 0 Å². The predicted molar refractivity (Wildman–Crippen MR) is 168 cm³/mol. The molecule has 0 aliphatic heterocycles. The molecule has 1 N–H and O–H groups in total. The lowest BCUT2D eigenvalue weighted by molar-refractivity contribution is 0.0735. The molecular formula is C36H46O4. The first-order valence-electron chi connectivity index (χ1n) is 14.1. The van der Waals surface area contributed by atoms with Crippen molar-refractivity contribution in [1.29, 1.82) is 0 Å². The van der Waals surface area contributed by atoms with Gasteiger partial charge in [-0.15, -0.1) is 0 Å². The number of carbonyl (C=O) groups excluding carboxylic acids is 1. The van der Waals surface area contributed by atoms with Crippen LogP contribution in [0.5, 0.6) is 11.5 Å². The summed E-state index contributed by atoms with van der Waals surface area (Å²) in [5, 5.41) is 9.14. The second kappa shape index (κ2) is 14.7. The number of hydrogen-bond acceptors (Lipinski definition) is 4. The maximum atomic E-state index is 12.8. The van der Waals surface area contributed by atoms with Gasteiger partial charge in [-0.1, -0.05) is 88.2 Å². The summed E-state index contributed by atoms with van der Waals surface area (Å²) in [5.41, 5.74) is 3.74. The first-order valence-corrected chi connectivity index (χ1v) is 14.1. The van der Waals surface area contributed by atoms with Crippen molar-refractivity contribution in [3.8, 4) is 11.5 Å². The molecule has 0 radical (unpaired) electrons. The highest BCUT2D eigenvalue weighted by Crippen LogP contribution is 2.37. The largest absolute Gasteiger partial charge is 0.488 e. The Bertz CT molecular complexity index is 1350. The van der Waals surface area contributed by atoms with E-state index in [0.717, 1.165) is 30.1 Å². The van der Waals surface area contributed by atoms with Crippen LogP contribution >= 0.6 is 0 Å². The molecule has 0 aromatic heterocycles. The summed E-state index contributed by atoms with van der Waals surface area (Å²) in [4.78, 5) is 12.8. The molecule has 0 aliphatic carbocycles. The number of hydrogen-bond donors (Lipinski definition) is 1. The van der Waals surface area contributed by atoms with E-state index in [9.17, 15) is 4.79 Å². The fourth-order valence-corrected chi connectivity index (χ4v) is 4.37. The van der Waals surface area contributed by atoms with E-state index in [1.165, 1.54) is 23.1 Å². The van der Waals surface area contributed by atoms with E-state index >= 15 is 0 Å². The quantitative estimate of drug-likeness (QED) is 0.195. The molecule has 0 bridgehead atoms. The second-order valence-electron chi connectivity index (χ2n) is 11.1. The third-order valence-corrected chi connectivity index (χ3v) is 6.56. The molecule has 214 valence electrons. The third kappa shape index (κ3) is 8.69. The van der Waals surface area contributed by atoms with Gasteiger partial charge in [0.2, 0.25) is 0 Å². The number of esters is 1. The van der Waals surface area contributed by atoms with Crippen LogP contribution in [0.15, 0.2) is 84.9 Å². The smallest absolute Gasteiger partial charge is 0.343 e. The van der Waals surface area contributed by atoms with E-state index in [0.29, 0.717) is 11.3 Å². The fraction of sp³-hybridized carbons (Fsp3) is 0.361. The van der Waals surface area contributed by atoms with Crippen LogP contribution in [0.1, 0.15) is 88.4 Å². The zero-order valence-electron chi connectivity index (χ0n) is 25.7. The molecule has 4 nitrogen and oxygen atoms in total. The first kappa shape index (κ1) is 32.6. The van der Waals surface area contributed by atoms with Crippen LogP contribution in [0, 0.1) is 6.92 Å². The number of ether oxygens (including phenoxy) is 2. The SMILES string of the molecule is CCC.CCC(C)(c1ccc(OC(=O)c2ccc3cc(C)ccc3c2)cc1)c1ccc(OC(C)(C)C)cc1.CO. The van der Waals surface area contributed by atoms with Gasteiger partial charge in [0.05, 0.1) is 5.56 Å². The lowest BCUT2D eigenvalue weighted by atomic mass is 9.74. The Labute approximate surface area is 241 Å². The topological polar surface area (TPSA) is 55.8 Å². The van der Waals surface area contributed by atoms with Crippen LogP contribution in [-0.4, -0.2) is 23.8 Å². The van der Waals surface area contributed by atoms with Crippen LogP contribution in [0.3, 0.4) is 0 Å². The van der Waals surface area contributed by atoms with Crippen molar-refractivity contribution in [3.05, 3.63) is 107 Å². The predicted octanol–water partition coefficient (Wildman–Crippen LogP) is 9.29. The minimum absolute atomic E-state index is 0.167. The monoisotopic (exact) mass is 542 g/mol. The molecule has 0 amide bonds. The van der Waals surface area contributed by atoms with E-state index in [1.807, 2.05) is 75.4 Å². The highest BCUT2D eigenvalue weighted by Gasteiger charge is 2.27. The van der Waals surface area contributed by atoms with E-state index in [1.54, 1.807) is 0 Å². The highest BCUT2D eigenvalue weighted by atomic mass is 16.5. The highest BCUT2D eigenvalue weighted by molar-refractivity contribution is 5.96. The van der Waals surface area contributed by atoms with Gasteiger partial charge < -0.3 is 14.6 Å². The maximum absolute atomic E-state index is 12.8. The van der Waals surface area contributed by atoms with Gasteiger partial charge in [0.1, 0.15) is 17.1 Å². The zero-order chi connectivity index (χ0) is 29.9. The maximum Gasteiger partial charge on any atom is 0.343 e. The molecule has 0 heterocycles. The normalized spacial score (nSPS) is 12.2. The molecular weight excluding hydrogens is 496 g/mol. The summed E-state index contributed by atoms with van der Waals surface area (Å²) >= 11 is 0. The molecule has 4 aromatic rings. The lowest BCUT2D eigenvalue weighted by Crippen LogP contribution is -2.24. The lowest BCUT2D eigenvalue weighted by Gasteiger charge is -2.30. The van der Waals surface area contributed by atoms with Crippen molar-refractivity contribution in [2.75, 3.05) is 7.11 Å². The minimum atomic E-state index is -0.354. The Hall–Kier alpha value is -3.63. The van der Waals surface area contributed by atoms with E-state index in [-0.39, 0.29) is 17.0 Å². The minimum Gasteiger partial charge on any atom is -0.488 e. The molecule has 1 atom stereocenters. The van der Waals surface area contributed by atoms with Crippen molar-refractivity contribution in [2.24, 2.45) is 0 Å². The van der Waals surface area contributed by atoms with Gasteiger partial charge in [-0.3, -0.25) is 0 Å². The number of benzene rings is 4. The Morgan fingerprint density at radius 3 is 1.68 bits per heavy atom. The molecule has 40 heavy (non-hydrogen) atoms. The van der Waals surface area contributed by atoms with Crippen LogP contribution in [0.2, 0.25) is 0 Å². The van der Waals surface area contributed by atoms with Crippen LogP contribution in [-0.2, 0) is 5.41 Å². The number of fused-ring (bicyclic) bond motifs is 1. The molecule has 4 heteroatoms. The van der Waals surface area contributed by atoms with E-state index in [4.69, 9.17) is 14.6 Å². The Kier molecular flexibility index (Phi) is 11.9. The summed E-state index contributed by atoms with van der Waals surface area (Å²) in [7, 11) is 1.00. The summed E-state index contributed by atoms with van der Waals surface area (Å²) in [5.74, 6) is 1.05. The summed E-state index contributed by atoms with van der Waals surface area (Å²) in [6.45, 7) is 16.9. The Morgan fingerprint density at radius 2 is 1.18 bits per heavy atom. The average molecular weight is 543 g/mol. The molecule has 4 rings (SSSR count). The van der Waals surface area contributed by atoms with Crippen molar-refractivity contribution < 1.29 is 19.4 Å². The number of carbonyl (C=O) groups is 1. The molecule has 0 saturated heterocycles. The fourth-order valence-electron chi connectivity index (χ4n) is 4.37. The van der Waals surface area contributed by atoms with Gasteiger partial charge in [-0.25, -0.2) is 4.79 Å². The Morgan fingerprint density at radius 1 is 0.700 bits per heavy atom. The number of aliphatic hydroxyl groups is 1. The van der Waals surface area contributed by atoms with Crippen molar-refractivity contribution in [1.82, 2.24) is 0 Å². The van der Waals surface area contributed by atoms with Gasteiger partial charge >= 0.3 is 5.97 Å². The molecule has 0 aliphatic rings. The average Bonchev–Trinajstić information content (AvgIpc) is 2.94. The molecule has 0 spiro atoms. The molecule has 0 saturated carbocycles. The summed E-state index contributed by atoms with van der Waals surface area (Å²) in [6.07, 6.45) is 2.18. The van der Waals surface area contributed by atoms with Crippen molar-refractivity contribution in [2.45, 2.75) is 79.2 Å². The summed E-state index contributed by atoms with van der Waals surface area (Å²) < 4.78 is 11.7. The Balaban J connectivity index is 0.00000105. The van der Waals surface area contributed by atoms with E-state index < -0.39 is 0 Å². The molecule has 1 unspecified atom stereocenters. The summed E-state index contributed by atoms with van der Waals surface area (Å²) in [6, 6.07) is 28.1.